The molecular formula is C15H14Br3NO2. The van der Waals surface area contributed by atoms with E-state index in [-0.39, 0.29) is 6.04 Å². The molecule has 6 heteroatoms. The summed E-state index contributed by atoms with van der Waals surface area (Å²) in [4.78, 5) is 0. The van der Waals surface area contributed by atoms with Gasteiger partial charge in [-0.25, -0.2) is 0 Å². The fourth-order valence-corrected chi connectivity index (χ4v) is 3.94. The van der Waals surface area contributed by atoms with Crippen molar-refractivity contribution in [3.05, 3.63) is 54.9 Å². The fourth-order valence-electron chi connectivity index (χ4n) is 2.04. The number of nitrogens with two attached hydrogens (primary N) is 1. The number of hydrogen-bond acceptors (Lipinski definition) is 3. The zero-order chi connectivity index (χ0) is 15.6. The Balaban J connectivity index is 2.49. The van der Waals surface area contributed by atoms with Gasteiger partial charge in [-0.05, 0) is 41.5 Å². The Labute approximate surface area is 149 Å². The molecule has 0 amide bonds. The highest BCUT2D eigenvalue weighted by Crippen LogP contribution is 2.38. The summed E-state index contributed by atoms with van der Waals surface area (Å²) < 4.78 is 13.5. The van der Waals surface area contributed by atoms with Crippen LogP contribution in [-0.2, 0) is 0 Å². The van der Waals surface area contributed by atoms with Crippen LogP contribution in [0.1, 0.15) is 17.2 Å². The number of ether oxygens (including phenoxy) is 2. The van der Waals surface area contributed by atoms with Crippen molar-refractivity contribution in [3.63, 3.8) is 0 Å². The second-order valence-corrected chi connectivity index (χ2v) is 7.09. The van der Waals surface area contributed by atoms with Crippen LogP contribution in [0.25, 0.3) is 0 Å². The molecule has 0 radical (unpaired) electrons. The average molecular weight is 480 g/mol. The van der Waals surface area contributed by atoms with Crippen LogP contribution in [0.5, 0.6) is 11.5 Å². The van der Waals surface area contributed by atoms with Gasteiger partial charge >= 0.3 is 0 Å². The lowest BCUT2D eigenvalue weighted by molar-refractivity contribution is 0.354. The number of benzene rings is 2. The lowest BCUT2D eigenvalue weighted by Gasteiger charge is -2.18. The minimum absolute atomic E-state index is 0.284. The van der Waals surface area contributed by atoms with E-state index >= 15 is 0 Å². The summed E-state index contributed by atoms with van der Waals surface area (Å²) in [6, 6.07) is 9.44. The quantitative estimate of drug-likeness (QED) is 0.668. The molecule has 0 spiro atoms. The Bertz CT molecular complexity index is 641. The van der Waals surface area contributed by atoms with Gasteiger partial charge in [-0.2, -0.15) is 0 Å². The zero-order valence-corrected chi connectivity index (χ0v) is 16.2. The molecule has 1 atom stereocenters. The van der Waals surface area contributed by atoms with Gasteiger partial charge in [-0.3, -0.25) is 0 Å². The van der Waals surface area contributed by atoms with Crippen molar-refractivity contribution in [2.75, 3.05) is 14.2 Å². The lowest BCUT2D eigenvalue weighted by Crippen LogP contribution is -2.13. The molecule has 21 heavy (non-hydrogen) atoms. The van der Waals surface area contributed by atoms with E-state index in [1.54, 1.807) is 14.2 Å². The molecule has 3 nitrogen and oxygen atoms in total. The van der Waals surface area contributed by atoms with Crippen LogP contribution in [0.15, 0.2) is 43.7 Å². The van der Waals surface area contributed by atoms with E-state index in [4.69, 9.17) is 15.2 Å². The van der Waals surface area contributed by atoms with E-state index in [2.05, 4.69) is 47.8 Å². The lowest BCUT2D eigenvalue weighted by atomic mass is 9.99. The van der Waals surface area contributed by atoms with E-state index in [0.29, 0.717) is 11.5 Å². The predicted octanol–water partition coefficient (Wildman–Crippen LogP) is 5.04. The van der Waals surface area contributed by atoms with E-state index in [9.17, 15) is 0 Å². The second kappa shape index (κ2) is 7.13. The third kappa shape index (κ3) is 3.80. The van der Waals surface area contributed by atoms with E-state index in [1.165, 1.54) is 0 Å². The minimum atomic E-state index is -0.284. The Morgan fingerprint density at radius 1 is 0.857 bits per heavy atom. The second-order valence-electron chi connectivity index (χ2n) is 4.41. The van der Waals surface area contributed by atoms with E-state index in [1.807, 2.05) is 30.3 Å². The van der Waals surface area contributed by atoms with E-state index in [0.717, 1.165) is 24.5 Å². The molecule has 0 aliphatic carbocycles. The van der Waals surface area contributed by atoms with Crippen LogP contribution < -0.4 is 15.2 Å². The van der Waals surface area contributed by atoms with Crippen molar-refractivity contribution in [3.8, 4) is 11.5 Å². The largest absolute Gasteiger partial charge is 0.493 e. The molecular weight excluding hydrogens is 466 g/mol. The van der Waals surface area contributed by atoms with Gasteiger partial charge in [0, 0.05) is 13.4 Å². The molecule has 1 unspecified atom stereocenters. The summed E-state index contributed by atoms with van der Waals surface area (Å²) in [5.74, 6) is 1.32. The molecule has 0 aliphatic rings. The Kier molecular flexibility index (Phi) is 5.71. The fraction of sp³-hybridized carbons (Fsp3) is 0.200. The van der Waals surface area contributed by atoms with Crippen LogP contribution in [0, 0.1) is 0 Å². The minimum Gasteiger partial charge on any atom is -0.493 e. The molecule has 2 N–H and O–H groups in total. The van der Waals surface area contributed by atoms with Crippen molar-refractivity contribution in [2.24, 2.45) is 5.73 Å². The van der Waals surface area contributed by atoms with Crippen LogP contribution in [0.2, 0.25) is 0 Å². The number of hydrogen-bond donors (Lipinski definition) is 1. The van der Waals surface area contributed by atoms with Gasteiger partial charge in [0.2, 0.25) is 0 Å². The molecule has 2 rings (SSSR count). The summed E-state index contributed by atoms with van der Waals surface area (Å²) in [5.41, 5.74) is 8.32. The summed E-state index contributed by atoms with van der Waals surface area (Å²) in [7, 11) is 3.21. The van der Waals surface area contributed by atoms with Crippen molar-refractivity contribution >= 4 is 47.8 Å². The highest BCUT2D eigenvalue weighted by atomic mass is 79.9. The summed E-state index contributed by atoms with van der Waals surface area (Å²) in [6.07, 6.45) is 0. The maximum absolute atomic E-state index is 6.40. The van der Waals surface area contributed by atoms with Gasteiger partial charge in [0.25, 0.3) is 0 Å². The first-order chi connectivity index (χ1) is 9.96. The molecule has 112 valence electrons. The number of methoxy groups -OCH3 is 2. The molecule has 2 aromatic carbocycles. The maximum atomic E-state index is 6.40. The third-order valence-electron chi connectivity index (χ3n) is 3.08. The molecule has 0 aliphatic heterocycles. The summed E-state index contributed by atoms with van der Waals surface area (Å²) in [5, 5.41) is 0. The van der Waals surface area contributed by atoms with Crippen LogP contribution in [0.3, 0.4) is 0 Å². The molecule has 0 aromatic heterocycles. The van der Waals surface area contributed by atoms with Crippen LogP contribution >= 0.6 is 47.8 Å². The highest BCUT2D eigenvalue weighted by molar-refractivity contribution is 9.11. The van der Waals surface area contributed by atoms with Gasteiger partial charge in [0.05, 0.1) is 20.3 Å². The van der Waals surface area contributed by atoms with Crippen molar-refractivity contribution in [1.82, 2.24) is 0 Å². The van der Waals surface area contributed by atoms with Gasteiger partial charge in [-0.1, -0.05) is 47.8 Å². The summed E-state index contributed by atoms with van der Waals surface area (Å²) >= 11 is 10.5. The van der Waals surface area contributed by atoms with Crippen molar-refractivity contribution in [1.29, 1.82) is 0 Å². The SMILES string of the molecule is COc1cc(Br)c(C(N)c2cc(Br)cc(Br)c2)cc1OC. The monoisotopic (exact) mass is 477 g/mol. The first kappa shape index (κ1) is 16.8. The normalized spacial score (nSPS) is 12.1. The van der Waals surface area contributed by atoms with Gasteiger partial charge in [-0.15, -0.1) is 0 Å². The standard InChI is InChI=1S/C15H14Br3NO2/c1-20-13-6-11(12(18)7-14(13)21-2)15(19)8-3-9(16)5-10(17)4-8/h3-7,15H,19H2,1-2H3. The predicted molar refractivity (Wildman–Crippen MR) is 95.1 cm³/mol. The summed E-state index contributed by atoms with van der Waals surface area (Å²) in [6.45, 7) is 0. The smallest absolute Gasteiger partial charge is 0.161 e. The topological polar surface area (TPSA) is 44.5 Å². The first-order valence-electron chi connectivity index (χ1n) is 6.09. The van der Waals surface area contributed by atoms with Gasteiger partial charge in [0.15, 0.2) is 11.5 Å². The number of halogens is 3. The first-order valence-corrected chi connectivity index (χ1v) is 8.47. The Morgan fingerprint density at radius 3 is 1.90 bits per heavy atom. The zero-order valence-electron chi connectivity index (χ0n) is 11.5. The number of rotatable bonds is 4. The molecule has 0 bridgehead atoms. The van der Waals surface area contributed by atoms with Crippen LogP contribution in [-0.4, -0.2) is 14.2 Å². The van der Waals surface area contributed by atoms with Crippen molar-refractivity contribution < 1.29 is 9.47 Å². The third-order valence-corrected chi connectivity index (χ3v) is 4.68. The Morgan fingerprint density at radius 2 is 1.38 bits per heavy atom. The average Bonchev–Trinajstić information content (AvgIpc) is 2.45. The molecule has 0 heterocycles. The molecule has 0 fully saturated rings. The molecule has 2 aromatic rings. The van der Waals surface area contributed by atoms with Crippen LogP contribution in [0.4, 0.5) is 0 Å². The maximum Gasteiger partial charge on any atom is 0.161 e. The molecule has 0 saturated heterocycles. The molecule has 0 saturated carbocycles. The van der Waals surface area contributed by atoms with E-state index < -0.39 is 0 Å². The van der Waals surface area contributed by atoms with Crippen molar-refractivity contribution in [2.45, 2.75) is 6.04 Å². The Hall–Kier alpha value is -0.560. The van der Waals surface area contributed by atoms with Gasteiger partial charge in [0.1, 0.15) is 0 Å². The highest BCUT2D eigenvalue weighted by Gasteiger charge is 2.17. The van der Waals surface area contributed by atoms with Gasteiger partial charge < -0.3 is 15.2 Å².